The van der Waals surface area contributed by atoms with Crippen molar-refractivity contribution < 1.29 is 9.53 Å². The molecule has 1 aromatic carbocycles. The summed E-state index contributed by atoms with van der Waals surface area (Å²) in [6.45, 7) is 2.22. The third kappa shape index (κ3) is 1.03. The molecule has 0 radical (unpaired) electrons. The Hall–Kier alpha value is -1.51. The van der Waals surface area contributed by atoms with Crippen LogP contribution in [0.3, 0.4) is 0 Å². The van der Waals surface area contributed by atoms with Gasteiger partial charge < -0.3 is 10.1 Å². The predicted molar refractivity (Wildman–Crippen MR) is 45.7 cm³/mol. The van der Waals surface area contributed by atoms with E-state index >= 15 is 0 Å². The van der Waals surface area contributed by atoms with Crippen molar-refractivity contribution in [3.63, 3.8) is 0 Å². The summed E-state index contributed by atoms with van der Waals surface area (Å²) in [5.74, 6) is -0.251. The topological polar surface area (TPSA) is 48.2 Å². The van der Waals surface area contributed by atoms with Crippen LogP contribution in [0.5, 0.6) is 0 Å². The number of ether oxygens (including phenoxy) is 1. The molecule has 0 atom stereocenters. The molecule has 0 saturated carbocycles. The smallest absolute Gasteiger partial charge is 0.340 e. The Bertz CT molecular complexity index is 333. The van der Waals surface area contributed by atoms with E-state index in [4.69, 9.17) is 4.74 Å². The van der Waals surface area contributed by atoms with E-state index in [9.17, 15) is 4.79 Å². The Balaban J connectivity index is 2.25. The summed E-state index contributed by atoms with van der Waals surface area (Å²) in [4.78, 5) is 11.2. The van der Waals surface area contributed by atoms with Crippen molar-refractivity contribution in [2.45, 2.75) is 6.92 Å². The lowest BCUT2D eigenvalue weighted by molar-refractivity contribution is 0.0528. The molecule has 12 heavy (non-hydrogen) atoms. The van der Waals surface area contributed by atoms with E-state index in [0.29, 0.717) is 12.2 Å². The quantitative estimate of drug-likeness (QED) is 0.543. The number of rotatable bonds is 2. The fraction of sp³-hybridized carbons (Fsp3) is 0.222. The number of carbonyl (C=O) groups is 1. The summed E-state index contributed by atoms with van der Waals surface area (Å²) in [7, 11) is 0. The van der Waals surface area contributed by atoms with Crippen LogP contribution < -0.4 is 5.32 Å². The molecule has 62 valence electrons. The first-order valence-electron chi connectivity index (χ1n) is 3.90. The van der Waals surface area contributed by atoms with E-state index in [-0.39, 0.29) is 5.97 Å². The van der Waals surface area contributed by atoms with E-state index < -0.39 is 0 Å². The Morgan fingerprint density at radius 3 is 3.17 bits per heavy atom. The van der Waals surface area contributed by atoms with Gasteiger partial charge in [0.1, 0.15) is 0 Å². The average molecular weight is 163 g/mol. The standard InChI is InChI=1S/C9H9NO2/c1-2-12-9(11)6-4-3-5-7-8(6)10-7/h3-5,10H,2H2,1H3. The van der Waals surface area contributed by atoms with Crippen LogP contribution >= 0.6 is 0 Å². The summed E-state index contributed by atoms with van der Waals surface area (Å²) >= 11 is 0. The highest BCUT2D eigenvalue weighted by molar-refractivity contribution is 6.07. The monoisotopic (exact) mass is 163 g/mol. The van der Waals surface area contributed by atoms with Crippen molar-refractivity contribution in [1.29, 1.82) is 0 Å². The Morgan fingerprint density at radius 2 is 2.42 bits per heavy atom. The van der Waals surface area contributed by atoms with Gasteiger partial charge in [-0.15, -0.1) is 0 Å². The summed E-state index contributed by atoms with van der Waals surface area (Å²) in [6, 6.07) is 5.53. The minimum absolute atomic E-state index is 0.251. The van der Waals surface area contributed by atoms with Gasteiger partial charge in [-0.1, -0.05) is 6.07 Å². The molecular weight excluding hydrogens is 154 g/mol. The van der Waals surface area contributed by atoms with Crippen LogP contribution in [0, 0.1) is 0 Å². The molecule has 0 saturated heterocycles. The van der Waals surface area contributed by atoms with Gasteiger partial charge in [-0.3, -0.25) is 0 Å². The number of anilines is 2. The van der Waals surface area contributed by atoms with Crippen LogP contribution in [0.25, 0.3) is 0 Å². The van der Waals surface area contributed by atoms with Gasteiger partial charge in [0.2, 0.25) is 0 Å². The zero-order valence-electron chi connectivity index (χ0n) is 6.76. The second kappa shape index (κ2) is 2.52. The molecule has 2 rings (SSSR count). The van der Waals surface area contributed by atoms with Crippen LogP contribution in [0.1, 0.15) is 17.3 Å². The molecule has 3 nitrogen and oxygen atoms in total. The maximum Gasteiger partial charge on any atom is 0.340 e. The number of nitrogens with one attached hydrogen (secondary N) is 1. The summed E-state index contributed by atoms with van der Waals surface area (Å²) < 4.78 is 4.86. The minimum Gasteiger partial charge on any atom is -0.462 e. The van der Waals surface area contributed by atoms with E-state index in [0.717, 1.165) is 11.4 Å². The normalized spacial score (nSPS) is 11.4. The highest BCUT2D eigenvalue weighted by Gasteiger charge is 2.24. The van der Waals surface area contributed by atoms with Crippen molar-refractivity contribution >= 4 is 17.3 Å². The molecule has 0 aliphatic carbocycles. The third-order valence-electron chi connectivity index (χ3n) is 1.76. The molecule has 1 aliphatic rings. The maximum absolute atomic E-state index is 11.2. The van der Waals surface area contributed by atoms with Crippen molar-refractivity contribution in [1.82, 2.24) is 0 Å². The van der Waals surface area contributed by atoms with E-state index in [1.54, 1.807) is 13.0 Å². The fourth-order valence-electron chi connectivity index (χ4n) is 1.14. The SMILES string of the molecule is CCOC(=O)c1cccc2c1N2. The zero-order valence-corrected chi connectivity index (χ0v) is 6.76. The molecule has 0 amide bonds. The van der Waals surface area contributed by atoms with Crippen molar-refractivity contribution in [2.24, 2.45) is 0 Å². The predicted octanol–water partition coefficient (Wildman–Crippen LogP) is 1.92. The second-order valence-electron chi connectivity index (χ2n) is 2.57. The first-order chi connectivity index (χ1) is 5.83. The van der Waals surface area contributed by atoms with Gasteiger partial charge in [-0.2, -0.15) is 0 Å². The second-order valence-corrected chi connectivity index (χ2v) is 2.57. The lowest BCUT2D eigenvalue weighted by Crippen LogP contribution is -2.03. The highest BCUT2D eigenvalue weighted by Crippen LogP contribution is 2.41. The van der Waals surface area contributed by atoms with E-state index in [1.165, 1.54) is 0 Å². The van der Waals surface area contributed by atoms with E-state index in [1.807, 2.05) is 12.1 Å². The van der Waals surface area contributed by atoms with Crippen LogP contribution in [-0.2, 0) is 4.74 Å². The largest absolute Gasteiger partial charge is 0.462 e. The van der Waals surface area contributed by atoms with Crippen LogP contribution in [-0.4, -0.2) is 12.6 Å². The van der Waals surface area contributed by atoms with Crippen molar-refractivity contribution in [3.8, 4) is 0 Å². The Morgan fingerprint density at radius 1 is 1.58 bits per heavy atom. The summed E-state index contributed by atoms with van der Waals surface area (Å²) in [5.41, 5.74) is 2.57. The molecule has 0 spiro atoms. The Labute approximate surface area is 70.3 Å². The maximum atomic E-state index is 11.2. The van der Waals surface area contributed by atoms with Gasteiger partial charge in [0.25, 0.3) is 0 Å². The van der Waals surface area contributed by atoms with Crippen LogP contribution in [0.15, 0.2) is 18.2 Å². The molecular formula is C9H9NO2. The first-order valence-corrected chi connectivity index (χ1v) is 3.90. The number of fused-ring (bicyclic) bond motifs is 1. The molecule has 0 aromatic heterocycles. The lowest BCUT2D eigenvalue weighted by atomic mass is 10.2. The first kappa shape index (κ1) is 7.16. The number of hydrogen-bond donors (Lipinski definition) is 1. The van der Waals surface area contributed by atoms with E-state index in [2.05, 4.69) is 5.32 Å². The molecule has 3 heteroatoms. The molecule has 1 N–H and O–H groups in total. The fourth-order valence-corrected chi connectivity index (χ4v) is 1.14. The zero-order chi connectivity index (χ0) is 8.55. The molecule has 1 aliphatic heterocycles. The molecule has 0 bridgehead atoms. The van der Waals surface area contributed by atoms with Gasteiger partial charge in [-0.25, -0.2) is 4.79 Å². The van der Waals surface area contributed by atoms with Crippen molar-refractivity contribution in [3.05, 3.63) is 23.8 Å². The number of hydrogen-bond acceptors (Lipinski definition) is 3. The van der Waals surface area contributed by atoms with Gasteiger partial charge in [0, 0.05) is 0 Å². The highest BCUT2D eigenvalue weighted by atomic mass is 16.5. The average Bonchev–Trinajstić information content (AvgIpc) is 2.81. The number of carbonyl (C=O) groups excluding carboxylic acids is 1. The summed E-state index contributed by atoms with van der Waals surface area (Å²) in [6.07, 6.45) is 0. The number of para-hydroxylation sites is 1. The third-order valence-corrected chi connectivity index (χ3v) is 1.76. The minimum atomic E-state index is -0.251. The molecule has 1 heterocycles. The number of esters is 1. The lowest BCUT2D eigenvalue weighted by Gasteiger charge is -1.98. The van der Waals surface area contributed by atoms with Crippen LogP contribution in [0.2, 0.25) is 0 Å². The van der Waals surface area contributed by atoms with Crippen molar-refractivity contribution in [2.75, 3.05) is 11.9 Å². The van der Waals surface area contributed by atoms with Crippen LogP contribution in [0.4, 0.5) is 11.4 Å². The Kier molecular flexibility index (Phi) is 1.50. The molecule has 0 unspecified atom stereocenters. The van der Waals surface area contributed by atoms with Gasteiger partial charge >= 0.3 is 5.97 Å². The van der Waals surface area contributed by atoms with Gasteiger partial charge in [0.05, 0.1) is 23.5 Å². The number of benzene rings is 1. The summed E-state index contributed by atoms with van der Waals surface area (Å²) in [5, 5.41) is 3.00. The van der Waals surface area contributed by atoms with Gasteiger partial charge in [0.15, 0.2) is 0 Å². The molecule has 1 aromatic rings. The van der Waals surface area contributed by atoms with Gasteiger partial charge in [-0.05, 0) is 19.1 Å². The molecule has 0 fully saturated rings.